The topological polar surface area (TPSA) is 46.4 Å². The molecule has 0 saturated carbocycles. The Morgan fingerprint density at radius 3 is 2.79 bits per heavy atom. The molecular formula is C13H18BrN3OS. The van der Waals surface area contributed by atoms with Crippen LogP contribution in [0.15, 0.2) is 29.1 Å². The molecule has 2 heterocycles. The van der Waals surface area contributed by atoms with E-state index in [0.29, 0.717) is 0 Å². The Labute approximate surface area is 124 Å². The van der Waals surface area contributed by atoms with Gasteiger partial charge in [0.1, 0.15) is 0 Å². The molecule has 0 aliphatic heterocycles. The molecule has 0 fully saturated rings. The van der Waals surface area contributed by atoms with Crippen LogP contribution in [0.4, 0.5) is 0 Å². The van der Waals surface area contributed by atoms with Gasteiger partial charge in [-0.2, -0.15) is 0 Å². The Bertz CT molecular complexity index is 618. The van der Waals surface area contributed by atoms with Gasteiger partial charge in [-0.05, 0) is 39.8 Å². The highest BCUT2D eigenvalue weighted by atomic mass is 79.9. The van der Waals surface area contributed by atoms with Crippen LogP contribution in [0.3, 0.4) is 0 Å². The molecule has 1 N–H and O–H groups in total. The molecule has 2 aromatic heterocycles. The predicted octanol–water partition coefficient (Wildman–Crippen LogP) is 3.21. The summed E-state index contributed by atoms with van der Waals surface area (Å²) in [7, 11) is -1.11. The maximum absolute atomic E-state index is 12.1. The molecule has 0 radical (unpaired) electrons. The Hall–Kier alpha value is -0.720. The van der Waals surface area contributed by atoms with E-state index < -0.39 is 11.0 Å². The fraction of sp³-hybridized carbons (Fsp3) is 0.462. The average molecular weight is 344 g/mol. The van der Waals surface area contributed by atoms with Crippen LogP contribution in [-0.2, 0) is 11.0 Å². The molecule has 2 unspecified atom stereocenters. The molecule has 0 aliphatic rings. The maximum atomic E-state index is 12.1. The third kappa shape index (κ3) is 3.24. The monoisotopic (exact) mass is 343 g/mol. The van der Waals surface area contributed by atoms with Crippen molar-refractivity contribution in [2.24, 2.45) is 0 Å². The van der Waals surface area contributed by atoms with Gasteiger partial charge in [0.05, 0.1) is 39.3 Å². The quantitative estimate of drug-likeness (QED) is 0.929. The lowest BCUT2D eigenvalue weighted by atomic mass is 10.2. The van der Waals surface area contributed by atoms with Gasteiger partial charge in [-0.25, -0.2) is 13.9 Å². The van der Waals surface area contributed by atoms with Crippen molar-refractivity contribution >= 4 is 32.4 Å². The summed E-state index contributed by atoms with van der Waals surface area (Å²) in [6, 6.07) is 3.91. The highest BCUT2D eigenvalue weighted by Gasteiger charge is 2.23. The summed E-state index contributed by atoms with van der Waals surface area (Å²) in [5.41, 5.74) is 1.92. The first-order valence-corrected chi connectivity index (χ1v) is 8.03. The zero-order chi connectivity index (χ0) is 14.2. The highest BCUT2D eigenvalue weighted by Crippen LogP contribution is 2.22. The van der Waals surface area contributed by atoms with Gasteiger partial charge in [0.15, 0.2) is 0 Å². The zero-order valence-corrected chi connectivity index (χ0v) is 13.9. The lowest BCUT2D eigenvalue weighted by molar-refractivity contribution is 0.613. The largest absolute Gasteiger partial charge is 0.306 e. The van der Waals surface area contributed by atoms with Crippen molar-refractivity contribution in [2.75, 3.05) is 0 Å². The van der Waals surface area contributed by atoms with Crippen molar-refractivity contribution in [1.29, 1.82) is 0 Å². The number of pyridine rings is 1. The molecule has 4 nitrogen and oxygen atoms in total. The van der Waals surface area contributed by atoms with E-state index in [9.17, 15) is 4.21 Å². The van der Waals surface area contributed by atoms with Crippen LogP contribution in [0.1, 0.15) is 39.4 Å². The van der Waals surface area contributed by atoms with Crippen LogP contribution in [0.5, 0.6) is 0 Å². The van der Waals surface area contributed by atoms with Crippen molar-refractivity contribution in [3.8, 4) is 0 Å². The van der Waals surface area contributed by atoms with Crippen molar-refractivity contribution in [3.63, 3.8) is 0 Å². The number of nitrogens with one attached hydrogen (secondary N) is 1. The molecule has 104 valence electrons. The molecule has 0 amide bonds. The summed E-state index contributed by atoms with van der Waals surface area (Å²) in [5, 5.41) is 0. The molecule has 2 aromatic rings. The molecule has 2 atom stereocenters. The van der Waals surface area contributed by atoms with Crippen LogP contribution in [0, 0.1) is 0 Å². The number of fused-ring (bicyclic) bond motifs is 1. The van der Waals surface area contributed by atoms with E-state index in [1.807, 2.05) is 50.4 Å². The van der Waals surface area contributed by atoms with Gasteiger partial charge in [-0.1, -0.05) is 15.9 Å². The Morgan fingerprint density at radius 2 is 2.16 bits per heavy atom. The number of hydrogen-bond acceptors (Lipinski definition) is 2. The first-order chi connectivity index (χ1) is 8.79. The lowest BCUT2D eigenvalue weighted by Gasteiger charge is -2.21. The number of nitrogens with zero attached hydrogens (tertiary/aromatic N) is 2. The minimum Gasteiger partial charge on any atom is -0.306 e. The van der Waals surface area contributed by atoms with E-state index in [1.165, 1.54) is 0 Å². The van der Waals surface area contributed by atoms with Gasteiger partial charge in [-0.15, -0.1) is 0 Å². The highest BCUT2D eigenvalue weighted by molar-refractivity contribution is 9.10. The second-order valence-corrected chi connectivity index (χ2v) is 8.40. The molecule has 6 heteroatoms. The molecule has 0 saturated heterocycles. The second kappa shape index (κ2) is 5.34. The van der Waals surface area contributed by atoms with Gasteiger partial charge >= 0.3 is 0 Å². The van der Waals surface area contributed by atoms with Crippen molar-refractivity contribution in [2.45, 2.75) is 38.5 Å². The van der Waals surface area contributed by atoms with Gasteiger partial charge in [0.2, 0.25) is 0 Å². The van der Waals surface area contributed by atoms with E-state index in [1.54, 1.807) is 6.33 Å². The van der Waals surface area contributed by atoms with Crippen LogP contribution < -0.4 is 4.72 Å². The second-order valence-electron chi connectivity index (χ2n) is 5.49. The number of imidazole rings is 1. The van der Waals surface area contributed by atoms with Crippen LogP contribution in [-0.4, -0.2) is 18.3 Å². The molecular weight excluding hydrogens is 326 g/mol. The van der Waals surface area contributed by atoms with Crippen LogP contribution in [0.25, 0.3) is 5.52 Å². The number of hydrogen-bond donors (Lipinski definition) is 1. The zero-order valence-electron chi connectivity index (χ0n) is 11.5. The Balaban J connectivity index is 2.29. The van der Waals surface area contributed by atoms with Crippen molar-refractivity contribution in [3.05, 3.63) is 34.8 Å². The normalized spacial score (nSPS) is 15.6. The first kappa shape index (κ1) is 14.7. The fourth-order valence-corrected chi connectivity index (χ4v) is 2.83. The van der Waals surface area contributed by atoms with Gasteiger partial charge in [0.25, 0.3) is 0 Å². The molecule has 2 rings (SSSR count). The lowest BCUT2D eigenvalue weighted by Crippen LogP contribution is -2.35. The molecule has 19 heavy (non-hydrogen) atoms. The van der Waals surface area contributed by atoms with Gasteiger partial charge in [0, 0.05) is 10.7 Å². The Kier molecular flexibility index (Phi) is 4.13. The third-order valence-corrected chi connectivity index (χ3v) is 4.95. The molecule has 0 spiro atoms. The van der Waals surface area contributed by atoms with Gasteiger partial charge in [-0.3, -0.25) is 0 Å². The molecule has 0 aromatic carbocycles. The van der Waals surface area contributed by atoms with Crippen LogP contribution >= 0.6 is 15.9 Å². The minimum atomic E-state index is -1.11. The summed E-state index contributed by atoms with van der Waals surface area (Å²) >= 11 is 3.46. The third-order valence-electron chi connectivity index (χ3n) is 2.78. The smallest absolute Gasteiger partial charge is 0.0996 e. The number of halogens is 1. The van der Waals surface area contributed by atoms with Crippen molar-refractivity contribution < 1.29 is 4.21 Å². The van der Waals surface area contributed by atoms with E-state index in [0.717, 1.165) is 15.7 Å². The van der Waals surface area contributed by atoms with E-state index in [2.05, 4.69) is 25.6 Å². The van der Waals surface area contributed by atoms with Crippen molar-refractivity contribution in [1.82, 2.24) is 14.1 Å². The fourth-order valence-electron chi connectivity index (χ4n) is 1.71. The maximum Gasteiger partial charge on any atom is 0.0996 e. The van der Waals surface area contributed by atoms with Gasteiger partial charge < -0.3 is 4.40 Å². The SMILES string of the molecule is CC(NS(=O)C(C)(C)C)c1ncn2ccc(Br)cc12. The summed E-state index contributed by atoms with van der Waals surface area (Å²) in [6.45, 7) is 7.83. The summed E-state index contributed by atoms with van der Waals surface area (Å²) in [4.78, 5) is 4.42. The molecule has 0 aliphatic carbocycles. The first-order valence-electron chi connectivity index (χ1n) is 6.09. The number of rotatable bonds is 3. The van der Waals surface area contributed by atoms with Crippen LogP contribution in [0.2, 0.25) is 0 Å². The minimum absolute atomic E-state index is 0.0700. The number of aromatic nitrogens is 2. The van der Waals surface area contributed by atoms with E-state index in [-0.39, 0.29) is 10.8 Å². The van der Waals surface area contributed by atoms with E-state index >= 15 is 0 Å². The Morgan fingerprint density at radius 1 is 1.47 bits per heavy atom. The summed E-state index contributed by atoms with van der Waals surface area (Å²) < 4.78 is 17.9. The summed E-state index contributed by atoms with van der Waals surface area (Å²) in [6.07, 6.45) is 3.72. The molecule has 0 bridgehead atoms. The predicted molar refractivity (Wildman–Crippen MR) is 82.3 cm³/mol. The average Bonchev–Trinajstić information content (AvgIpc) is 2.70. The summed E-state index contributed by atoms with van der Waals surface area (Å²) in [5.74, 6) is 0. The standard InChI is InChI=1S/C13H18BrN3OS/c1-9(16-19(18)13(2,3)4)12-11-7-10(14)5-6-17(11)8-15-12/h5-9,16H,1-4H3. The van der Waals surface area contributed by atoms with E-state index in [4.69, 9.17) is 0 Å².